The average molecular weight is 471 g/mol. The summed E-state index contributed by atoms with van der Waals surface area (Å²) in [6, 6.07) is 14.6. The molecule has 2 aliphatic rings. The fourth-order valence-electron chi connectivity index (χ4n) is 4.91. The highest BCUT2D eigenvalue weighted by atomic mass is 16.5. The van der Waals surface area contributed by atoms with Gasteiger partial charge in [0.1, 0.15) is 5.58 Å². The van der Waals surface area contributed by atoms with Crippen LogP contribution in [0, 0.1) is 0 Å². The Hall–Kier alpha value is -3.91. The van der Waals surface area contributed by atoms with Crippen LogP contribution >= 0.6 is 0 Å². The number of ether oxygens (including phenoxy) is 1. The maximum absolute atomic E-state index is 12.3. The second-order valence-corrected chi connectivity index (χ2v) is 9.10. The molecule has 2 amide bonds. The summed E-state index contributed by atoms with van der Waals surface area (Å²) in [5.74, 6) is -0.837. The number of morpholine rings is 1. The third kappa shape index (κ3) is 4.33. The molecule has 2 aromatic carbocycles. The van der Waals surface area contributed by atoms with Gasteiger partial charge in [-0.3, -0.25) is 19.6 Å². The fraction of sp³-hybridized carbons (Fsp3) is 0.296. The standard InChI is InChI=1S/C27H26N4O4/c32-26-8-7-23(27(33)29-26)24-17-35-25-13-19(3-6-22(24)25)20-14-28-31(16-20)15-18-1-4-21(5-2-18)30-9-11-34-12-10-30/h1-6,13-14,16-17,23H,7-12,15H2,(H,29,32,33). The maximum Gasteiger partial charge on any atom is 0.234 e. The van der Waals surface area contributed by atoms with Crippen molar-refractivity contribution in [2.45, 2.75) is 25.3 Å². The molecule has 35 heavy (non-hydrogen) atoms. The number of fused-ring (bicyclic) bond motifs is 1. The van der Waals surface area contributed by atoms with E-state index in [1.807, 2.05) is 35.3 Å². The first-order valence-corrected chi connectivity index (χ1v) is 11.9. The van der Waals surface area contributed by atoms with Gasteiger partial charge < -0.3 is 14.1 Å². The molecule has 8 nitrogen and oxygen atoms in total. The molecule has 4 aromatic rings. The molecule has 2 fully saturated rings. The molecule has 0 aliphatic carbocycles. The molecule has 2 aliphatic heterocycles. The Balaban J connectivity index is 1.17. The SMILES string of the molecule is O=C1CCC(c2coc3cc(-c4cnn(Cc5ccc(N6CCOCC6)cc5)c4)ccc23)C(=O)N1. The number of piperidine rings is 1. The van der Waals surface area contributed by atoms with E-state index in [-0.39, 0.29) is 17.7 Å². The smallest absolute Gasteiger partial charge is 0.234 e. The molecule has 0 radical (unpaired) electrons. The van der Waals surface area contributed by atoms with Gasteiger partial charge >= 0.3 is 0 Å². The van der Waals surface area contributed by atoms with Crippen LogP contribution in [0.1, 0.15) is 29.9 Å². The number of aromatic nitrogens is 2. The molecule has 1 unspecified atom stereocenters. The lowest BCUT2D eigenvalue weighted by Gasteiger charge is -2.28. The lowest BCUT2D eigenvalue weighted by molar-refractivity contribution is -0.134. The zero-order chi connectivity index (χ0) is 23.8. The minimum Gasteiger partial charge on any atom is -0.464 e. The number of imide groups is 1. The van der Waals surface area contributed by atoms with Gasteiger partial charge in [-0.15, -0.1) is 0 Å². The highest BCUT2D eigenvalue weighted by Crippen LogP contribution is 2.34. The summed E-state index contributed by atoms with van der Waals surface area (Å²) in [5, 5.41) is 7.87. The van der Waals surface area contributed by atoms with Crippen molar-refractivity contribution >= 4 is 28.5 Å². The number of hydrogen-bond acceptors (Lipinski definition) is 6. The molecule has 2 aromatic heterocycles. The topological polar surface area (TPSA) is 89.6 Å². The molecular formula is C27H26N4O4. The van der Waals surface area contributed by atoms with Crippen LogP contribution in [0.4, 0.5) is 5.69 Å². The molecule has 178 valence electrons. The number of rotatable bonds is 5. The van der Waals surface area contributed by atoms with Gasteiger partial charge in [-0.2, -0.15) is 5.10 Å². The molecule has 8 heteroatoms. The second kappa shape index (κ2) is 9.03. The van der Waals surface area contributed by atoms with Crippen molar-refractivity contribution in [3.63, 3.8) is 0 Å². The third-order valence-electron chi connectivity index (χ3n) is 6.84. The van der Waals surface area contributed by atoms with E-state index in [9.17, 15) is 9.59 Å². The Labute approximate surface area is 202 Å². The molecular weight excluding hydrogens is 444 g/mol. The first-order valence-electron chi connectivity index (χ1n) is 11.9. The number of nitrogens with zero attached hydrogens (tertiary/aromatic N) is 3. The number of carbonyl (C=O) groups excluding carboxylic acids is 2. The zero-order valence-corrected chi connectivity index (χ0v) is 19.3. The van der Waals surface area contributed by atoms with Gasteiger partial charge in [0.25, 0.3) is 0 Å². The van der Waals surface area contributed by atoms with Crippen molar-refractivity contribution in [3.05, 3.63) is 72.2 Å². The number of carbonyl (C=O) groups is 2. The van der Waals surface area contributed by atoms with Gasteiger partial charge in [-0.1, -0.05) is 24.3 Å². The predicted molar refractivity (Wildman–Crippen MR) is 131 cm³/mol. The maximum atomic E-state index is 12.3. The van der Waals surface area contributed by atoms with Crippen molar-refractivity contribution in [2.75, 3.05) is 31.2 Å². The van der Waals surface area contributed by atoms with E-state index in [1.54, 1.807) is 6.26 Å². The molecule has 0 bridgehead atoms. The normalized spacial score (nSPS) is 18.7. The number of nitrogens with one attached hydrogen (secondary N) is 1. The van der Waals surface area contributed by atoms with E-state index in [2.05, 4.69) is 39.6 Å². The Kier molecular flexibility index (Phi) is 5.58. The van der Waals surface area contributed by atoms with Gasteiger partial charge in [0.05, 0.1) is 38.1 Å². The highest BCUT2D eigenvalue weighted by molar-refractivity contribution is 6.03. The van der Waals surface area contributed by atoms with Crippen LogP contribution in [0.3, 0.4) is 0 Å². The summed E-state index contributed by atoms with van der Waals surface area (Å²) in [6.45, 7) is 4.10. The summed E-state index contributed by atoms with van der Waals surface area (Å²) in [4.78, 5) is 26.1. The van der Waals surface area contributed by atoms with E-state index >= 15 is 0 Å². The fourth-order valence-corrected chi connectivity index (χ4v) is 4.91. The van der Waals surface area contributed by atoms with Crippen LogP contribution in [0.15, 0.2) is 65.5 Å². The van der Waals surface area contributed by atoms with E-state index in [4.69, 9.17) is 9.15 Å². The largest absolute Gasteiger partial charge is 0.464 e. The van der Waals surface area contributed by atoms with Gasteiger partial charge in [0, 0.05) is 47.9 Å². The number of furan rings is 1. The van der Waals surface area contributed by atoms with Gasteiger partial charge in [-0.25, -0.2) is 0 Å². The van der Waals surface area contributed by atoms with Gasteiger partial charge in [0.15, 0.2) is 0 Å². The summed E-state index contributed by atoms with van der Waals surface area (Å²) in [7, 11) is 0. The van der Waals surface area contributed by atoms with Gasteiger partial charge in [-0.05, 0) is 35.7 Å². The monoisotopic (exact) mass is 470 g/mol. The second-order valence-electron chi connectivity index (χ2n) is 9.10. The first kappa shape index (κ1) is 21.6. The molecule has 0 saturated carbocycles. The lowest BCUT2D eigenvalue weighted by atomic mass is 9.90. The number of hydrogen-bond donors (Lipinski definition) is 1. The average Bonchev–Trinajstić information content (AvgIpc) is 3.52. The summed E-state index contributed by atoms with van der Waals surface area (Å²) >= 11 is 0. The van der Waals surface area contributed by atoms with Crippen LogP contribution in [0.2, 0.25) is 0 Å². The number of benzene rings is 2. The summed E-state index contributed by atoms with van der Waals surface area (Å²) in [5.41, 5.74) is 5.95. The Morgan fingerprint density at radius 3 is 2.66 bits per heavy atom. The molecule has 4 heterocycles. The third-order valence-corrected chi connectivity index (χ3v) is 6.84. The van der Waals surface area contributed by atoms with E-state index in [0.717, 1.165) is 48.4 Å². The summed E-state index contributed by atoms with van der Waals surface area (Å²) < 4.78 is 13.2. The Bertz CT molecular complexity index is 1380. The van der Waals surface area contributed by atoms with E-state index in [1.165, 1.54) is 11.3 Å². The lowest BCUT2D eigenvalue weighted by Crippen LogP contribution is -2.39. The Morgan fingerprint density at radius 2 is 1.86 bits per heavy atom. The van der Waals surface area contributed by atoms with E-state index < -0.39 is 0 Å². The van der Waals surface area contributed by atoms with Gasteiger partial charge in [0.2, 0.25) is 11.8 Å². The minimum absolute atomic E-state index is 0.216. The minimum atomic E-state index is -0.364. The van der Waals surface area contributed by atoms with Crippen molar-refractivity contribution in [2.24, 2.45) is 0 Å². The molecule has 0 spiro atoms. The molecule has 2 saturated heterocycles. The molecule has 6 rings (SSSR count). The van der Waals surface area contributed by atoms with Crippen LogP contribution < -0.4 is 10.2 Å². The zero-order valence-electron chi connectivity index (χ0n) is 19.3. The van der Waals surface area contributed by atoms with E-state index in [0.29, 0.717) is 25.0 Å². The van der Waals surface area contributed by atoms with Crippen molar-refractivity contribution in [1.29, 1.82) is 0 Å². The van der Waals surface area contributed by atoms with Crippen LogP contribution in [0.25, 0.3) is 22.1 Å². The first-order chi connectivity index (χ1) is 17.1. The quantitative estimate of drug-likeness (QED) is 0.448. The number of amides is 2. The molecule has 1 N–H and O–H groups in total. The Morgan fingerprint density at radius 1 is 1.03 bits per heavy atom. The van der Waals surface area contributed by atoms with Crippen LogP contribution in [-0.2, 0) is 20.9 Å². The van der Waals surface area contributed by atoms with Crippen LogP contribution in [-0.4, -0.2) is 47.9 Å². The van der Waals surface area contributed by atoms with Crippen LogP contribution in [0.5, 0.6) is 0 Å². The summed E-state index contributed by atoms with van der Waals surface area (Å²) in [6.07, 6.45) is 6.37. The number of anilines is 1. The van der Waals surface area contributed by atoms with Crippen molar-refractivity contribution in [1.82, 2.24) is 15.1 Å². The predicted octanol–water partition coefficient (Wildman–Crippen LogP) is 3.70. The van der Waals surface area contributed by atoms with Crippen molar-refractivity contribution < 1.29 is 18.7 Å². The highest BCUT2D eigenvalue weighted by Gasteiger charge is 2.30. The molecule has 1 atom stereocenters. The van der Waals surface area contributed by atoms with Crippen molar-refractivity contribution in [3.8, 4) is 11.1 Å².